The average molecular weight is 125 g/mol. The zero-order chi connectivity index (χ0) is 6.43. The summed E-state index contributed by atoms with van der Waals surface area (Å²) in [6.07, 6.45) is 5.78. The normalized spacial score (nSPS) is 25.3. The number of aromatic nitrogens is 2. The SMILES string of the molecule is CC(O)C1n2cc[n+]1c2. The second-order valence-corrected chi connectivity index (χ2v) is 2.46. The van der Waals surface area contributed by atoms with E-state index in [-0.39, 0.29) is 12.3 Å². The Labute approximate surface area is 53.2 Å². The van der Waals surface area contributed by atoms with Crippen molar-refractivity contribution >= 4 is 0 Å². The Morgan fingerprint density at radius 1 is 1.78 bits per heavy atom. The smallest absolute Gasteiger partial charge is 0.268 e. The van der Waals surface area contributed by atoms with Crippen molar-refractivity contribution in [3.63, 3.8) is 0 Å². The standard InChI is InChI=1S/C6H9N2O/c1-5(9)6-7-2-3-8(6)4-7/h2-6,9H,1H3/q+1. The van der Waals surface area contributed by atoms with Crippen molar-refractivity contribution in [3.05, 3.63) is 18.7 Å². The summed E-state index contributed by atoms with van der Waals surface area (Å²) < 4.78 is 3.98. The number of aliphatic hydroxyl groups is 1. The van der Waals surface area contributed by atoms with E-state index in [0.717, 1.165) is 0 Å². The molecule has 1 N–H and O–H groups in total. The lowest BCUT2D eigenvalue weighted by molar-refractivity contribution is -0.763. The quantitative estimate of drug-likeness (QED) is 0.504. The van der Waals surface area contributed by atoms with Crippen LogP contribution in [0.1, 0.15) is 13.1 Å². The number of imidazole rings is 1. The van der Waals surface area contributed by atoms with Crippen LogP contribution in [-0.2, 0) is 0 Å². The fourth-order valence-electron chi connectivity index (χ4n) is 1.28. The van der Waals surface area contributed by atoms with E-state index < -0.39 is 0 Å². The van der Waals surface area contributed by atoms with Crippen LogP contribution in [0.2, 0.25) is 0 Å². The largest absolute Gasteiger partial charge is 0.384 e. The lowest BCUT2D eigenvalue weighted by Gasteiger charge is -2.17. The molecular weight excluding hydrogens is 116 g/mol. The zero-order valence-corrected chi connectivity index (χ0v) is 5.23. The molecule has 0 saturated carbocycles. The highest BCUT2D eigenvalue weighted by atomic mass is 16.3. The van der Waals surface area contributed by atoms with Crippen molar-refractivity contribution in [1.82, 2.24) is 4.57 Å². The maximum atomic E-state index is 9.11. The minimum absolute atomic E-state index is 0.185. The topological polar surface area (TPSA) is 29.0 Å². The van der Waals surface area contributed by atoms with Crippen molar-refractivity contribution in [2.24, 2.45) is 0 Å². The molecule has 2 aliphatic heterocycles. The first kappa shape index (κ1) is 4.99. The molecule has 0 aromatic carbocycles. The molecule has 1 aromatic heterocycles. The van der Waals surface area contributed by atoms with E-state index >= 15 is 0 Å². The number of hydrogen-bond donors (Lipinski definition) is 1. The Morgan fingerprint density at radius 2 is 2.56 bits per heavy atom. The van der Waals surface area contributed by atoms with Gasteiger partial charge in [0.1, 0.15) is 18.5 Å². The van der Waals surface area contributed by atoms with Crippen LogP contribution in [0.3, 0.4) is 0 Å². The van der Waals surface area contributed by atoms with Crippen LogP contribution in [0.15, 0.2) is 18.7 Å². The van der Waals surface area contributed by atoms with Gasteiger partial charge in [0.05, 0.1) is 0 Å². The van der Waals surface area contributed by atoms with Gasteiger partial charge in [-0.15, -0.1) is 0 Å². The van der Waals surface area contributed by atoms with Crippen LogP contribution < -0.4 is 4.57 Å². The highest BCUT2D eigenvalue weighted by molar-refractivity contribution is 4.80. The van der Waals surface area contributed by atoms with Gasteiger partial charge in [-0.05, 0) is 6.92 Å². The van der Waals surface area contributed by atoms with Crippen molar-refractivity contribution in [2.45, 2.75) is 19.2 Å². The van der Waals surface area contributed by atoms with Gasteiger partial charge in [0.15, 0.2) is 0 Å². The van der Waals surface area contributed by atoms with Gasteiger partial charge in [0, 0.05) is 0 Å². The first-order chi connectivity index (χ1) is 4.29. The Balaban J connectivity index is 2.30. The predicted octanol–water partition coefficient (Wildman–Crippen LogP) is -0.483. The maximum absolute atomic E-state index is 9.11. The third-order valence-electron chi connectivity index (χ3n) is 1.72. The van der Waals surface area contributed by atoms with Gasteiger partial charge >= 0.3 is 0 Å². The monoisotopic (exact) mass is 125 g/mol. The number of hydrogen-bond acceptors (Lipinski definition) is 1. The molecule has 1 unspecified atom stereocenters. The van der Waals surface area contributed by atoms with Gasteiger partial charge in [-0.1, -0.05) is 0 Å². The van der Waals surface area contributed by atoms with Crippen LogP contribution in [0.4, 0.5) is 0 Å². The first-order valence-electron chi connectivity index (χ1n) is 3.05. The molecule has 3 rings (SSSR count). The molecule has 2 aliphatic rings. The molecule has 1 atom stereocenters. The van der Waals surface area contributed by atoms with Crippen molar-refractivity contribution in [3.8, 4) is 0 Å². The van der Waals surface area contributed by atoms with Gasteiger partial charge in [-0.25, -0.2) is 0 Å². The summed E-state index contributed by atoms with van der Waals surface area (Å²) >= 11 is 0. The minimum atomic E-state index is -0.273. The van der Waals surface area contributed by atoms with E-state index in [1.807, 2.05) is 27.9 Å². The molecule has 0 saturated heterocycles. The van der Waals surface area contributed by atoms with Gasteiger partial charge < -0.3 is 5.11 Å². The third-order valence-corrected chi connectivity index (χ3v) is 1.72. The van der Waals surface area contributed by atoms with Crippen LogP contribution in [0.25, 0.3) is 0 Å². The van der Waals surface area contributed by atoms with Crippen molar-refractivity contribution in [1.29, 1.82) is 0 Å². The van der Waals surface area contributed by atoms with Gasteiger partial charge in [-0.2, -0.15) is 9.13 Å². The molecule has 0 fully saturated rings. The van der Waals surface area contributed by atoms with Crippen LogP contribution in [0.5, 0.6) is 0 Å². The van der Waals surface area contributed by atoms with Crippen molar-refractivity contribution in [2.75, 3.05) is 0 Å². The minimum Gasteiger partial charge on any atom is -0.384 e. The Kier molecular flexibility index (Phi) is 0.754. The molecule has 2 bridgehead atoms. The lowest BCUT2D eigenvalue weighted by Crippen LogP contribution is -2.53. The van der Waals surface area contributed by atoms with Crippen LogP contribution in [-0.4, -0.2) is 15.8 Å². The fraction of sp³-hybridized carbons (Fsp3) is 0.500. The second kappa shape index (κ2) is 1.36. The van der Waals surface area contributed by atoms with Crippen LogP contribution in [0, 0.1) is 0 Å². The number of fused-ring (bicyclic) bond motifs is 1. The van der Waals surface area contributed by atoms with E-state index in [4.69, 9.17) is 5.11 Å². The molecule has 1 aromatic rings. The number of nitrogens with zero attached hydrogens (tertiary/aromatic N) is 2. The molecule has 48 valence electrons. The summed E-state index contributed by atoms with van der Waals surface area (Å²) in [5.74, 6) is 0. The summed E-state index contributed by atoms with van der Waals surface area (Å²) in [7, 11) is 0. The highest BCUT2D eigenvalue weighted by Crippen LogP contribution is 2.13. The third kappa shape index (κ3) is 0.471. The lowest BCUT2D eigenvalue weighted by atomic mass is 10.3. The van der Waals surface area contributed by atoms with E-state index in [2.05, 4.69) is 0 Å². The molecule has 0 radical (unpaired) electrons. The molecule has 3 heterocycles. The van der Waals surface area contributed by atoms with Crippen LogP contribution >= 0.6 is 0 Å². The molecular formula is C6H9N2O+. The fourth-order valence-corrected chi connectivity index (χ4v) is 1.28. The molecule has 0 spiro atoms. The zero-order valence-electron chi connectivity index (χ0n) is 5.23. The summed E-state index contributed by atoms with van der Waals surface area (Å²) in [5, 5.41) is 9.11. The Bertz CT molecular complexity index is 203. The number of aliphatic hydroxyl groups excluding tert-OH is 1. The maximum Gasteiger partial charge on any atom is 0.268 e. The average Bonchev–Trinajstić information content (AvgIpc) is 2.13. The Hall–Kier alpha value is -0.830. The van der Waals surface area contributed by atoms with Crippen molar-refractivity contribution < 1.29 is 9.67 Å². The summed E-state index contributed by atoms with van der Waals surface area (Å²) in [6, 6.07) is 0. The molecule has 0 amide bonds. The van der Waals surface area contributed by atoms with Gasteiger partial charge in [-0.3, -0.25) is 0 Å². The van der Waals surface area contributed by atoms with Gasteiger partial charge in [0.25, 0.3) is 12.5 Å². The summed E-state index contributed by atoms with van der Waals surface area (Å²) in [6.45, 7) is 1.80. The summed E-state index contributed by atoms with van der Waals surface area (Å²) in [4.78, 5) is 0. The first-order valence-corrected chi connectivity index (χ1v) is 3.05. The second-order valence-electron chi connectivity index (χ2n) is 2.46. The molecule has 3 nitrogen and oxygen atoms in total. The predicted molar refractivity (Wildman–Crippen MR) is 30.7 cm³/mol. The highest BCUT2D eigenvalue weighted by Gasteiger charge is 2.36. The van der Waals surface area contributed by atoms with E-state index in [0.29, 0.717) is 0 Å². The summed E-state index contributed by atoms with van der Waals surface area (Å²) in [5.41, 5.74) is 0. The van der Waals surface area contributed by atoms with E-state index in [1.54, 1.807) is 6.92 Å². The Morgan fingerprint density at radius 3 is 2.78 bits per heavy atom. The van der Waals surface area contributed by atoms with E-state index in [9.17, 15) is 0 Å². The van der Waals surface area contributed by atoms with E-state index in [1.165, 1.54) is 0 Å². The molecule has 9 heavy (non-hydrogen) atoms. The van der Waals surface area contributed by atoms with Gasteiger partial charge in [0.2, 0.25) is 0 Å². The number of rotatable bonds is 1. The molecule has 3 heteroatoms. The molecule has 0 aliphatic carbocycles.